The third-order valence-electron chi connectivity index (χ3n) is 6.13. The molecule has 0 aromatic heterocycles. The summed E-state index contributed by atoms with van der Waals surface area (Å²) in [5, 5.41) is 3.15. The van der Waals surface area contributed by atoms with E-state index >= 15 is 0 Å². The van der Waals surface area contributed by atoms with Crippen LogP contribution in [0, 0.1) is 12.7 Å². The number of anilines is 1. The molecule has 1 atom stereocenters. The zero-order valence-corrected chi connectivity index (χ0v) is 24.0. The van der Waals surface area contributed by atoms with Crippen molar-refractivity contribution in [2.45, 2.75) is 57.6 Å². The SMILES string of the molecule is CC[C@H](C(=O)NC(C)C)N(Cc1ccc(F)cc1)C(=O)CN(c1cc(Cl)ccc1C)S(=O)(=O)c1ccccc1. The Morgan fingerprint density at radius 3 is 2.23 bits per heavy atom. The van der Waals surface area contributed by atoms with E-state index in [1.807, 2.05) is 13.8 Å². The molecule has 0 saturated carbocycles. The number of hydrogen-bond acceptors (Lipinski definition) is 4. The summed E-state index contributed by atoms with van der Waals surface area (Å²) in [7, 11) is -4.20. The minimum atomic E-state index is -4.20. The highest BCUT2D eigenvalue weighted by atomic mass is 35.5. The van der Waals surface area contributed by atoms with Gasteiger partial charge in [0.05, 0.1) is 10.6 Å². The molecule has 0 heterocycles. The second kappa shape index (κ2) is 13.1. The molecule has 3 aromatic rings. The first kappa shape index (κ1) is 30.1. The number of hydrogen-bond donors (Lipinski definition) is 1. The minimum absolute atomic E-state index is 0.00634. The summed E-state index contributed by atoms with van der Waals surface area (Å²) in [5.74, 6) is -1.39. The highest BCUT2D eigenvalue weighted by Gasteiger charge is 2.34. The third kappa shape index (κ3) is 7.58. The predicted octanol–water partition coefficient (Wildman–Crippen LogP) is 5.31. The lowest BCUT2D eigenvalue weighted by Crippen LogP contribution is -2.53. The third-order valence-corrected chi connectivity index (χ3v) is 8.14. The molecule has 0 bridgehead atoms. The van der Waals surface area contributed by atoms with Crippen LogP contribution >= 0.6 is 11.6 Å². The van der Waals surface area contributed by atoms with Gasteiger partial charge in [0.15, 0.2) is 0 Å². The van der Waals surface area contributed by atoms with Crippen molar-refractivity contribution in [3.8, 4) is 0 Å². The number of nitrogens with zero attached hydrogens (tertiary/aromatic N) is 2. The number of halogens is 2. The molecule has 2 amide bonds. The van der Waals surface area contributed by atoms with E-state index < -0.39 is 34.3 Å². The number of benzene rings is 3. The van der Waals surface area contributed by atoms with Crippen molar-refractivity contribution in [2.75, 3.05) is 10.8 Å². The summed E-state index contributed by atoms with van der Waals surface area (Å²) in [6, 6.07) is 17.2. The molecule has 0 aliphatic rings. The van der Waals surface area contributed by atoms with Gasteiger partial charge in [-0.3, -0.25) is 13.9 Å². The van der Waals surface area contributed by atoms with E-state index in [4.69, 9.17) is 11.6 Å². The second-order valence-electron chi connectivity index (χ2n) is 9.49. The fraction of sp³-hybridized carbons (Fsp3) is 0.310. The lowest BCUT2D eigenvalue weighted by atomic mass is 10.1. The molecule has 208 valence electrons. The van der Waals surface area contributed by atoms with E-state index in [2.05, 4.69) is 5.32 Å². The van der Waals surface area contributed by atoms with Crippen molar-refractivity contribution in [1.82, 2.24) is 10.2 Å². The van der Waals surface area contributed by atoms with E-state index in [0.717, 1.165) is 4.31 Å². The van der Waals surface area contributed by atoms with Gasteiger partial charge in [-0.2, -0.15) is 0 Å². The van der Waals surface area contributed by atoms with Gasteiger partial charge in [0.1, 0.15) is 18.4 Å². The van der Waals surface area contributed by atoms with E-state index in [-0.39, 0.29) is 35.5 Å². The summed E-state index contributed by atoms with van der Waals surface area (Å²) in [6.07, 6.45) is 0.285. The maximum Gasteiger partial charge on any atom is 0.264 e. The molecule has 0 radical (unpaired) electrons. The Labute approximate surface area is 234 Å². The van der Waals surface area contributed by atoms with Crippen LogP contribution < -0.4 is 9.62 Å². The Balaban J connectivity index is 2.09. The number of sulfonamides is 1. The fourth-order valence-corrected chi connectivity index (χ4v) is 5.83. The number of carbonyl (C=O) groups excluding carboxylic acids is 2. The summed E-state index contributed by atoms with van der Waals surface area (Å²) in [5.41, 5.74) is 1.44. The van der Waals surface area contributed by atoms with Crippen LogP contribution in [-0.2, 0) is 26.2 Å². The maximum absolute atomic E-state index is 14.0. The Bertz CT molecular complexity index is 1400. The molecule has 10 heteroatoms. The zero-order chi connectivity index (χ0) is 28.7. The first-order chi connectivity index (χ1) is 18.4. The van der Waals surface area contributed by atoms with Crippen molar-refractivity contribution < 1.29 is 22.4 Å². The molecule has 0 saturated heterocycles. The van der Waals surface area contributed by atoms with Crippen LogP contribution in [0.4, 0.5) is 10.1 Å². The first-order valence-corrected chi connectivity index (χ1v) is 14.4. The molecule has 3 aromatic carbocycles. The molecule has 1 N–H and O–H groups in total. The summed E-state index contributed by atoms with van der Waals surface area (Å²) < 4.78 is 42.3. The molecular formula is C29H33ClFN3O4S. The molecule has 0 aliphatic heterocycles. The summed E-state index contributed by atoms with van der Waals surface area (Å²) in [4.78, 5) is 28.5. The average Bonchev–Trinajstić information content (AvgIpc) is 2.89. The van der Waals surface area contributed by atoms with Gasteiger partial charge in [-0.1, -0.05) is 54.9 Å². The number of rotatable bonds is 11. The van der Waals surface area contributed by atoms with E-state index in [0.29, 0.717) is 16.1 Å². The van der Waals surface area contributed by atoms with Gasteiger partial charge < -0.3 is 10.2 Å². The first-order valence-electron chi connectivity index (χ1n) is 12.6. The Morgan fingerprint density at radius 2 is 1.64 bits per heavy atom. The van der Waals surface area contributed by atoms with Crippen LogP contribution in [0.3, 0.4) is 0 Å². The van der Waals surface area contributed by atoms with Crippen LogP contribution in [0.2, 0.25) is 5.02 Å². The van der Waals surface area contributed by atoms with Crippen LogP contribution in [-0.4, -0.2) is 43.8 Å². The monoisotopic (exact) mass is 573 g/mol. The number of carbonyl (C=O) groups is 2. The van der Waals surface area contributed by atoms with Gasteiger partial charge in [-0.05, 0) is 74.7 Å². The lowest BCUT2D eigenvalue weighted by Gasteiger charge is -2.34. The Kier molecular flexibility index (Phi) is 10.1. The largest absolute Gasteiger partial charge is 0.352 e. The van der Waals surface area contributed by atoms with Gasteiger partial charge >= 0.3 is 0 Å². The standard InChI is InChI=1S/C29H33ClFN3O4S/c1-5-26(29(36)32-20(2)3)33(18-22-12-15-24(31)16-13-22)28(35)19-34(27-17-23(30)14-11-21(27)4)39(37,38)25-9-7-6-8-10-25/h6-17,20,26H,5,18-19H2,1-4H3,(H,32,36)/t26-/m1/s1. The summed E-state index contributed by atoms with van der Waals surface area (Å²) in [6.45, 7) is 6.53. The Hall–Kier alpha value is -3.43. The van der Waals surface area contributed by atoms with Gasteiger partial charge in [-0.15, -0.1) is 0 Å². The van der Waals surface area contributed by atoms with Crippen LogP contribution in [0.1, 0.15) is 38.3 Å². The van der Waals surface area contributed by atoms with Gasteiger partial charge in [0.2, 0.25) is 11.8 Å². The zero-order valence-electron chi connectivity index (χ0n) is 22.4. The van der Waals surface area contributed by atoms with E-state index in [1.54, 1.807) is 44.2 Å². The van der Waals surface area contributed by atoms with Gasteiger partial charge in [-0.25, -0.2) is 12.8 Å². The maximum atomic E-state index is 14.0. The topological polar surface area (TPSA) is 86.8 Å². The smallest absolute Gasteiger partial charge is 0.264 e. The molecule has 0 aliphatic carbocycles. The molecule has 0 fully saturated rings. The van der Waals surface area contributed by atoms with E-state index in [9.17, 15) is 22.4 Å². The molecule has 3 rings (SSSR count). The predicted molar refractivity (Wildman–Crippen MR) is 151 cm³/mol. The molecular weight excluding hydrogens is 541 g/mol. The second-order valence-corrected chi connectivity index (χ2v) is 11.8. The normalized spacial score (nSPS) is 12.2. The lowest BCUT2D eigenvalue weighted by molar-refractivity contribution is -0.140. The van der Waals surface area contributed by atoms with Gasteiger partial charge in [0.25, 0.3) is 10.0 Å². The van der Waals surface area contributed by atoms with Gasteiger partial charge in [0, 0.05) is 17.6 Å². The summed E-state index contributed by atoms with van der Waals surface area (Å²) >= 11 is 6.24. The van der Waals surface area contributed by atoms with Crippen molar-refractivity contribution >= 4 is 39.1 Å². The molecule has 39 heavy (non-hydrogen) atoms. The number of aryl methyl sites for hydroxylation is 1. The van der Waals surface area contributed by atoms with Crippen molar-refractivity contribution in [3.05, 3.63) is 94.8 Å². The highest BCUT2D eigenvalue weighted by Crippen LogP contribution is 2.30. The van der Waals surface area contributed by atoms with Crippen molar-refractivity contribution in [2.24, 2.45) is 0 Å². The van der Waals surface area contributed by atoms with Crippen LogP contribution in [0.15, 0.2) is 77.7 Å². The van der Waals surface area contributed by atoms with E-state index in [1.165, 1.54) is 47.4 Å². The number of amides is 2. The van der Waals surface area contributed by atoms with Crippen LogP contribution in [0.5, 0.6) is 0 Å². The highest BCUT2D eigenvalue weighted by molar-refractivity contribution is 7.92. The molecule has 0 unspecified atom stereocenters. The number of nitrogens with one attached hydrogen (secondary N) is 1. The molecule has 7 nitrogen and oxygen atoms in total. The molecule has 0 spiro atoms. The minimum Gasteiger partial charge on any atom is -0.352 e. The van der Waals surface area contributed by atoms with Crippen molar-refractivity contribution in [1.29, 1.82) is 0 Å². The average molecular weight is 574 g/mol. The fourth-order valence-electron chi connectivity index (χ4n) is 4.17. The Morgan fingerprint density at radius 1 is 1.00 bits per heavy atom. The quantitative estimate of drug-likeness (QED) is 0.337. The van der Waals surface area contributed by atoms with Crippen molar-refractivity contribution in [3.63, 3.8) is 0 Å². The van der Waals surface area contributed by atoms with Crippen LogP contribution in [0.25, 0.3) is 0 Å².